The Morgan fingerprint density at radius 3 is 2.75 bits per heavy atom. The molecule has 0 fully saturated rings. The summed E-state index contributed by atoms with van der Waals surface area (Å²) in [6.45, 7) is 5.45. The van der Waals surface area contributed by atoms with Crippen LogP contribution in [0.25, 0.3) is 21.0 Å². The van der Waals surface area contributed by atoms with Crippen molar-refractivity contribution in [2.45, 2.75) is 20.4 Å². The van der Waals surface area contributed by atoms with E-state index in [-0.39, 0.29) is 0 Å². The van der Waals surface area contributed by atoms with Crippen molar-refractivity contribution in [2.24, 2.45) is 0 Å². The number of thiazole rings is 1. The Labute approximate surface area is 99.0 Å². The molecule has 2 aromatic carbocycles. The van der Waals surface area contributed by atoms with Crippen molar-refractivity contribution >= 4 is 32.3 Å². The smallest absolute Gasteiger partial charge is 0.186 e. The zero-order valence-corrected chi connectivity index (χ0v) is 10.3. The summed E-state index contributed by atoms with van der Waals surface area (Å²) in [6.07, 6.45) is 0. The Kier molecular flexibility index (Phi) is 2.18. The highest BCUT2D eigenvalue weighted by molar-refractivity contribution is 7.19. The molecule has 0 aliphatic heterocycles. The van der Waals surface area contributed by atoms with Crippen molar-refractivity contribution in [2.75, 3.05) is 0 Å². The first-order valence-corrected chi connectivity index (χ1v) is 6.43. The van der Waals surface area contributed by atoms with Crippen LogP contribution in [0.5, 0.6) is 0 Å². The van der Waals surface area contributed by atoms with E-state index in [1.807, 2.05) is 11.3 Å². The maximum absolute atomic E-state index is 2.38. The molecule has 0 aliphatic carbocycles. The normalized spacial score (nSPS) is 11.4. The Bertz CT molecular complexity index is 667. The van der Waals surface area contributed by atoms with Crippen LogP contribution in [-0.2, 0) is 6.54 Å². The predicted molar refractivity (Wildman–Crippen MR) is 69.9 cm³/mol. The van der Waals surface area contributed by atoms with Crippen LogP contribution in [0.15, 0.2) is 36.4 Å². The summed E-state index contributed by atoms with van der Waals surface area (Å²) < 4.78 is 3.80. The van der Waals surface area contributed by atoms with E-state index in [1.165, 1.54) is 26.0 Å². The molecule has 3 rings (SSSR count). The molecule has 80 valence electrons. The lowest BCUT2D eigenvalue weighted by atomic mass is 10.1. The van der Waals surface area contributed by atoms with E-state index in [0.29, 0.717) is 0 Å². The third-order valence-electron chi connectivity index (χ3n) is 3.10. The molecule has 0 atom stereocenters. The van der Waals surface area contributed by atoms with Gasteiger partial charge in [-0.1, -0.05) is 35.6 Å². The first-order chi connectivity index (χ1) is 7.81. The Morgan fingerprint density at radius 2 is 1.94 bits per heavy atom. The highest BCUT2D eigenvalue weighted by Crippen LogP contribution is 2.28. The summed E-state index contributed by atoms with van der Waals surface area (Å²) in [6, 6.07) is 13.1. The third-order valence-corrected chi connectivity index (χ3v) is 4.24. The average molecular weight is 228 g/mol. The van der Waals surface area contributed by atoms with E-state index in [9.17, 15) is 0 Å². The van der Waals surface area contributed by atoms with Gasteiger partial charge in [-0.3, -0.25) is 0 Å². The lowest BCUT2D eigenvalue weighted by molar-refractivity contribution is -0.669. The van der Waals surface area contributed by atoms with Crippen LogP contribution < -0.4 is 4.57 Å². The Balaban J connectivity index is 2.52. The summed E-state index contributed by atoms with van der Waals surface area (Å²) in [5.74, 6) is 0. The minimum Gasteiger partial charge on any atom is -0.186 e. The fourth-order valence-corrected chi connectivity index (χ4v) is 3.53. The summed E-state index contributed by atoms with van der Waals surface area (Å²) in [5, 5.41) is 4.09. The van der Waals surface area contributed by atoms with Crippen LogP contribution >= 0.6 is 11.3 Å². The SMILES string of the molecule is CC[n+]1c(C)sc2c3ccccc3ccc21. The molecule has 0 saturated heterocycles. The number of fused-ring (bicyclic) bond motifs is 3. The molecule has 0 N–H and O–H groups in total. The second kappa shape index (κ2) is 3.56. The minimum atomic E-state index is 1.05. The zero-order chi connectivity index (χ0) is 11.1. The van der Waals surface area contributed by atoms with E-state index in [4.69, 9.17) is 0 Å². The van der Waals surface area contributed by atoms with Gasteiger partial charge in [-0.25, -0.2) is 0 Å². The lowest BCUT2D eigenvalue weighted by Crippen LogP contribution is -2.33. The van der Waals surface area contributed by atoms with Gasteiger partial charge in [-0.2, -0.15) is 4.57 Å². The Hall–Kier alpha value is -1.41. The molecule has 0 spiro atoms. The van der Waals surface area contributed by atoms with Gasteiger partial charge in [-0.15, -0.1) is 0 Å². The highest BCUT2D eigenvalue weighted by atomic mass is 32.1. The van der Waals surface area contributed by atoms with Crippen molar-refractivity contribution in [3.05, 3.63) is 41.4 Å². The number of hydrogen-bond donors (Lipinski definition) is 0. The molecule has 0 bridgehead atoms. The molecule has 1 aromatic heterocycles. The molecule has 0 amide bonds. The zero-order valence-electron chi connectivity index (χ0n) is 9.53. The average Bonchev–Trinajstić information content (AvgIpc) is 2.65. The van der Waals surface area contributed by atoms with Crippen molar-refractivity contribution in [3.63, 3.8) is 0 Å². The van der Waals surface area contributed by atoms with E-state index in [1.54, 1.807) is 0 Å². The van der Waals surface area contributed by atoms with Crippen molar-refractivity contribution in [1.82, 2.24) is 0 Å². The van der Waals surface area contributed by atoms with Crippen LogP contribution in [-0.4, -0.2) is 0 Å². The van der Waals surface area contributed by atoms with Gasteiger partial charge in [0, 0.05) is 18.4 Å². The van der Waals surface area contributed by atoms with Crippen LogP contribution in [0.2, 0.25) is 0 Å². The van der Waals surface area contributed by atoms with Gasteiger partial charge >= 0.3 is 0 Å². The van der Waals surface area contributed by atoms with Gasteiger partial charge in [0.2, 0.25) is 10.5 Å². The quantitative estimate of drug-likeness (QED) is 0.559. The van der Waals surface area contributed by atoms with Crippen LogP contribution in [0.3, 0.4) is 0 Å². The maximum Gasteiger partial charge on any atom is 0.235 e. The van der Waals surface area contributed by atoms with Gasteiger partial charge < -0.3 is 0 Å². The maximum atomic E-state index is 2.38. The number of aromatic nitrogens is 1. The second-order valence-electron chi connectivity index (χ2n) is 4.00. The van der Waals surface area contributed by atoms with E-state index >= 15 is 0 Å². The number of nitrogens with zero attached hydrogens (tertiary/aromatic N) is 1. The lowest BCUT2D eigenvalue weighted by Gasteiger charge is -1.96. The molecule has 0 aliphatic rings. The molecule has 3 aromatic rings. The van der Waals surface area contributed by atoms with Gasteiger partial charge in [0.25, 0.3) is 0 Å². The molecule has 1 nitrogen and oxygen atoms in total. The molecule has 16 heavy (non-hydrogen) atoms. The Morgan fingerprint density at radius 1 is 1.12 bits per heavy atom. The fourth-order valence-electron chi connectivity index (χ4n) is 2.32. The van der Waals surface area contributed by atoms with E-state index in [0.717, 1.165) is 6.54 Å². The highest BCUT2D eigenvalue weighted by Gasteiger charge is 2.16. The fraction of sp³-hybridized carbons (Fsp3) is 0.214. The molecule has 0 radical (unpaired) electrons. The van der Waals surface area contributed by atoms with Gasteiger partial charge in [0.1, 0.15) is 11.2 Å². The largest absolute Gasteiger partial charge is 0.235 e. The monoisotopic (exact) mass is 228 g/mol. The second-order valence-corrected chi connectivity index (χ2v) is 5.20. The first kappa shape index (κ1) is 9.79. The number of aryl methyl sites for hydroxylation is 2. The number of hydrogen-bond acceptors (Lipinski definition) is 1. The topological polar surface area (TPSA) is 3.88 Å². The molecule has 1 heterocycles. The number of benzene rings is 2. The molecular formula is C14H14NS+. The molecule has 0 unspecified atom stereocenters. The first-order valence-electron chi connectivity index (χ1n) is 5.62. The van der Waals surface area contributed by atoms with Crippen molar-refractivity contribution < 1.29 is 4.57 Å². The summed E-state index contributed by atoms with van der Waals surface area (Å²) >= 11 is 1.90. The summed E-state index contributed by atoms with van der Waals surface area (Å²) in [5.41, 5.74) is 1.36. The van der Waals surface area contributed by atoms with Crippen LogP contribution in [0.4, 0.5) is 0 Å². The van der Waals surface area contributed by atoms with E-state index in [2.05, 4.69) is 54.8 Å². The molecule has 0 saturated carbocycles. The van der Waals surface area contributed by atoms with Gasteiger partial charge in [0.15, 0.2) is 0 Å². The predicted octanol–water partition coefficient (Wildman–Crippen LogP) is 3.67. The van der Waals surface area contributed by atoms with Gasteiger partial charge in [0.05, 0.1) is 0 Å². The molecule has 2 heteroatoms. The van der Waals surface area contributed by atoms with Crippen molar-refractivity contribution in [1.29, 1.82) is 0 Å². The van der Waals surface area contributed by atoms with Gasteiger partial charge in [-0.05, 0) is 18.4 Å². The van der Waals surface area contributed by atoms with Crippen LogP contribution in [0, 0.1) is 6.92 Å². The van der Waals surface area contributed by atoms with Crippen LogP contribution in [0.1, 0.15) is 11.9 Å². The van der Waals surface area contributed by atoms with Crippen molar-refractivity contribution in [3.8, 4) is 0 Å². The number of rotatable bonds is 1. The standard InChI is InChI=1S/C14H14NS/c1-3-15-10(2)16-14-12-7-5-4-6-11(12)8-9-13(14)15/h4-9H,3H2,1-2H3/q+1. The van der Waals surface area contributed by atoms with E-state index < -0.39 is 0 Å². The third kappa shape index (κ3) is 1.26. The molecular weight excluding hydrogens is 214 g/mol. The minimum absolute atomic E-state index is 1.05. The summed E-state index contributed by atoms with van der Waals surface area (Å²) in [7, 11) is 0. The summed E-state index contributed by atoms with van der Waals surface area (Å²) in [4.78, 5) is 0.